The summed E-state index contributed by atoms with van der Waals surface area (Å²) >= 11 is 0. The van der Waals surface area contributed by atoms with Gasteiger partial charge in [0.05, 0.1) is 29.4 Å². The minimum atomic E-state index is -0.305. The van der Waals surface area contributed by atoms with Gasteiger partial charge >= 0.3 is 6.03 Å². The molecule has 148 valence electrons. The maximum Gasteiger partial charge on any atom is 0.317 e. The molecule has 7 nitrogen and oxygen atoms in total. The van der Waals surface area contributed by atoms with Crippen LogP contribution in [0.1, 0.15) is 5.76 Å². The molecule has 5 rings (SSSR count). The van der Waals surface area contributed by atoms with Crippen LogP contribution in [0.3, 0.4) is 0 Å². The molecule has 0 bridgehead atoms. The first-order chi connectivity index (χ1) is 14.2. The van der Waals surface area contributed by atoms with E-state index < -0.39 is 0 Å². The van der Waals surface area contributed by atoms with Gasteiger partial charge < -0.3 is 23.9 Å². The first kappa shape index (κ1) is 17.5. The Morgan fingerprint density at radius 1 is 1.10 bits per heavy atom. The number of nitrogens with zero attached hydrogens (tertiary/aromatic N) is 4. The Hall–Kier alpha value is -3.55. The molecule has 3 aromatic heterocycles. The predicted molar refractivity (Wildman–Crippen MR) is 107 cm³/mol. The fourth-order valence-corrected chi connectivity index (χ4v) is 3.78. The van der Waals surface area contributed by atoms with Crippen LogP contribution in [0.2, 0.25) is 0 Å². The molecule has 1 saturated heterocycles. The number of piperazine rings is 1. The van der Waals surface area contributed by atoms with E-state index >= 15 is 0 Å². The molecule has 1 aliphatic rings. The topological polar surface area (TPSA) is 66.0 Å². The Balaban J connectivity index is 1.33. The number of fused-ring (bicyclic) bond motifs is 3. The Kier molecular flexibility index (Phi) is 4.31. The van der Waals surface area contributed by atoms with Crippen molar-refractivity contribution in [1.29, 1.82) is 0 Å². The third-order valence-corrected chi connectivity index (χ3v) is 5.26. The van der Waals surface area contributed by atoms with Crippen LogP contribution in [0.5, 0.6) is 0 Å². The number of anilines is 1. The number of hydrogen-bond donors (Lipinski definition) is 1. The number of hydrogen-bond acceptors (Lipinski definition) is 4. The predicted octanol–water partition coefficient (Wildman–Crippen LogP) is 3.25. The smallest absolute Gasteiger partial charge is 0.317 e. The lowest BCUT2D eigenvalue weighted by Crippen LogP contribution is -2.52. The second-order valence-electron chi connectivity index (χ2n) is 7.04. The third kappa shape index (κ3) is 3.26. The number of urea groups is 1. The van der Waals surface area contributed by atoms with Crippen LogP contribution in [0.4, 0.5) is 15.0 Å². The van der Waals surface area contributed by atoms with Crippen molar-refractivity contribution in [1.82, 2.24) is 19.6 Å². The van der Waals surface area contributed by atoms with Crippen molar-refractivity contribution >= 4 is 28.4 Å². The summed E-state index contributed by atoms with van der Waals surface area (Å²) in [5, 5.41) is 2.88. The van der Waals surface area contributed by atoms with E-state index in [1.165, 1.54) is 12.1 Å². The van der Waals surface area contributed by atoms with E-state index in [1.54, 1.807) is 23.3 Å². The molecule has 2 amide bonds. The summed E-state index contributed by atoms with van der Waals surface area (Å²) < 4.78 is 21.0. The average Bonchev–Trinajstić information content (AvgIpc) is 3.43. The summed E-state index contributed by atoms with van der Waals surface area (Å²) in [6.45, 7) is 2.85. The average molecular weight is 393 g/mol. The van der Waals surface area contributed by atoms with Gasteiger partial charge in [0.25, 0.3) is 0 Å². The molecule has 0 atom stereocenters. The highest BCUT2D eigenvalue weighted by atomic mass is 19.1. The number of rotatable bonds is 3. The molecule has 0 spiro atoms. The van der Waals surface area contributed by atoms with Gasteiger partial charge in [0, 0.05) is 38.4 Å². The number of furan rings is 1. The summed E-state index contributed by atoms with van der Waals surface area (Å²) in [5.41, 5.74) is 2.45. The molecule has 4 aromatic rings. The summed E-state index contributed by atoms with van der Waals surface area (Å²) in [6.07, 6.45) is 3.55. The molecule has 1 aromatic carbocycles. The molecule has 0 unspecified atom stereocenters. The van der Waals surface area contributed by atoms with E-state index in [0.717, 1.165) is 22.6 Å². The van der Waals surface area contributed by atoms with Crippen molar-refractivity contribution in [2.45, 2.75) is 6.54 Å². The molecule has 4 heterocycles. The third-order valence-electron chi connectivity index (χ3n) is 5.26. The Labute approximate surface area is 166 Å². The highest BCUT2D eigenvalue weighted by molar-refractivity contribution is 5.85. The summed E-state index contributed by atoms with van der Waals surface area (Å²) in [7, 11) is 0. The first-order valence-electron chi connectivity index (χ1n) is 9.55. The molecule has 1 N–H and O–H groups in total. The van der Waals surface area contributed by atoms with Gasteiger partial charge in [-0.1, -0.05) is 0 Å². The Bertz CT molecular complexity index is 1160. The summed E-state index contributed by atoms with van der Waals surface area (Å²) in [5.74, 6) is 1.23. The number of halogens is 1. The minimum Gasteiger partial charge on any atom is -0.467 e. The van der Waals surface area contributed by atoms with Crippen LogP contribution in [0.15, 0.2) is 59.3 Å². The number of carbonyl (C=O) groups excluding carboxylic acids is 1. The molecule has 1 aliphatic heterocycles. The van der Waals surface area contributed by atoms with Crippen molar-refractivity contribution in [2.24, 2.45) is 0 Å². The zero-order valence-electron chi connectivity index (χ0n) is 15.7. The van der Waals surface area contributed by atoms with E-state index in [0.29, 0.717) is 38.2 Å². The van der Waals surface area contributed by atoms with Crippen molar-refractivity contribution in [2.75, 3.05) is 31.1 Å². The van der Waals surface area contributed by atoms with E-state index in [-0.39, 0.29) is 11.8 Å². The normalized spacial score (nSPS) is 14.7. The SMILES string of the molecule is O=C(NCc1ccco1)N1CCN(c2nc3cc(F)ccc3n3cccc23)CC1. The van der Waals surface area contributed by atoms with Crippen molar-refractivity contribution in [3.63, 3.8) is 0 Å². The van der Waals surface area contributed by atoms with E-state index in [4.69, 9.17) is 9.40 Å². The largest absolute Gasteiger partial charge is 0.467 e. The van der Waals surface area contributed by atoms with Crippen LogP contribution in [-0.4, -0.2) is 46.5 Å². The molecule has 8 heteroatoms. The standard InChI is InChI=1S/C21H20FN5O2/c22-15-5-6-18-17(13-15)24-20(19-4-1-7-27(18)19)25-8-10-26(11-9-25)21(28)23-14-16-3-2-12-29-16/h1-7,12-13H,8-11,14H2,(H,23,28). The fourth-order valence-electron chi connectivity index (χ4n) is 3.78. The fraction of sp³-hybridized carbons (Fsp3) is 0.238. The lowest BCUT2D eigenvalue weighted by molar-refractivity contribution is 0.193. The van der Waals surface area contributed by atoms with Gasteiger partial charge in [0.1, 0.15) is 11.6 Å². The van der Waals surface area contributed by atoms with Gasteiger partial charge in [-0.25, -0.2) is 14.2 Å². The van der Waals surface area contributed by atoms with Gasteiger partial charge in [0.2, 0.25) is 0 Å². The summed E-state index contributed by atoms with van der Waals surface area (Å²) in [6, 6.07) is 12.1. The molecule has 0 radical (unpaired) electrons. The number of amides is 2. The zero-order valence-corrected chi connectivity index (χ0v) is 15.7. The van der Waals surface area contributed by atoms with Crippen molar-refractivity contribution < 1.29 is 13.6 Å². The molecular weight excluding hydrogens is 373 g/mol. The molecule has 0 aliphatic carbocycles. The number of nitrogens with one attached hydrogen (secondary N) is 1. The highest BCUT2D eigenvalue weighted by Gasteiger charge is 2.24. The van der Waals surface area contributed by atoms with Crippen LogP contribution < -0.4 is 10.2 Å². The molecule has 0 saturated carbocycles. The van der Waals surface area contributed by atoms with E-state index in [1.807, 2.05) is 28.8 Å². The highest BCUT2D eigenvalue weighted by Crippen LogP contribution is 2.26. The monoisotopic (exact) mass is 393 g/mol. The van der Waals surface area contributed by atoms with Gasteiger partial charge in [-0.15, -0.1) is 0 Å². The van der Waals surface area contributed by atoms with Crippen LogP contribution >= 0.6 is 0 Å². The first-order valence-corrected chi connectivity index (χ1v) is 9.55. The lowest BCUT2D eigenvalue weighted by Gasteiger charge is -2.35. The molecule has 29 heavy (non-hydrogen) atoms. The van der Waals surface area contributed by atoms with E-state index in [2.05, 4.69) is 10.2 Å². The van der Waals surface area contributed by atoms with Gasteiger partial charge in [-0.3, -0.25) is 0 Å². The molecular formula is C21H20FN5O2. The van der Waals surface area contributed by atoms with E-state index in [9.17, 15) is 9.18 Å². The minimum absolute atomic E-state index is 0.109. The van der Waals surface area contributed by atoms with Gasteiger partial charge in [-0.05, 0) is 36.4 Å². The Morgan fingerprint density at radius 2 is 1.97 bits per heavy atom. The van der Waals surface area contributed by atoms with Gasteiger partial charge in [-0.2, -0.15) is 0 Å². The Morgan fingerprint density at radius 3 is 2.76 bits per heavy atom. The quantitative estimate of drug-likeness (QED) is 0.580. The second-order valence-corrected chi connectivity index (χ2v) is 7.04. The number of carbonyl (C=O) groups is 1. The summed E-state index contributed by atoms with van der Waals surface area (Å²) in [4.78, 5) is 21.1. The second kappa shape index (κ2) is 7.12. The van der Waals surface area contributed by atoms with Crippen molar-refractivity contribution in [3.05, 3.63) is 66.5 Å². The zero-order chi connectivity index (χ0) is 19.8. The van der Waals surface area contributed by atoms with Crippen LogP contribution in [0.25, 0.3) is 16.6 Å². The van der Waals surface area contributed by atoms with Crippen LogP contribution in [0, 0.1) is 5.82 Å². The van der Waals surface area contributed by atoms with Crippen LogP contribution in [-0.2, 0) is 6.54 Å². The lowest BCUT2D eigenvalue weighted by atomic mass is 10.2. The number of benzene rings is 1. The number of aromatic nitrogens is 2. The maximum absolute atomic E-state index is 13.7. The van der Waals surface area contributed by atoms with Crippen molar-refractivity contribution in [3.8, 4) is 0 Å². The maximum atomic E-state index is 13.7. The molecule has 1 fully saturated rings. The van der Waals surface area contributed by atoms with Gasteiger partial charge in [0.15, 0.2) is 5.82 Å².